The first-order chi connectivity index (χ1) is 18.6. The Labute approximate surface area is 226 Å². The van der Waals surface area contributed by atoms with Gasteiger partial charge < -0.3 is 5.11 Å². The molecule has 0 aliphatic rings. The van der Waals surface area contributed by atoms with Gasteiger partial charge in [-0.05, 0) is 67.3 Å². The van der Waals surface area contributed by atoms with Crippen LogP contribution in [0.3, 0.4) is 0 Å². The maximum absolute atomic E-state index is 13.9. The van der Waals surface area contributed by atoms with Crippen molar-refractivity contribution in [3.05, 3.63) is 99.6 Å². The van der Waals surface area contributed by atoms with E-state index in [0.29, 0.717) is 40.7 Å². The molecule has 0 aliphatic carbocycles. The monoisotopic (exact) mass is 546 g/mol. The number of nitrogens with zero attached hydrogens (tertiary/aromatic N) is 4. The van der Waals surface area contributed by atoms with E-state index in [2.05, 4.69) is 16.0 Å². The zero-order valence-electron chi connectivity index (χ0n) is 21.7. The normalized spacial score (nSPS) is 12.2. The fourth-order valence-electron chi connectivity index (χ4n) is 4.47. The Kier molecular flexibility index (Phi) is 7.93. The fourth-order valence-corrected chi connectivity index (χ4v) is 5.81. The van der Waals surface area contributed by atoms with Crippen LogP contribution >= 0.6 is 0 Å². The lowest BCUT2D eigenvalue weighted by Gasteiger charge is -2.21. The zero-order valence-corrected chi connectivity index (χ0v) is 22.5. The van der Waals surface area contributed by atoms with Crippen LogP contribution < -0.4 is 5.56 Å². The number of benzene rings is 2. The minimum absolute atomic E-state index is 0.223. The van der Waals surface area contributed by atoms with E-state index in [4.69, 9.17) is 0 Å². The number of hydrogen-bond donors (Lipinski definition) is 1. The van der Waals surface area contributed by atoms with E-state index in [9.17, 15) is 28.0 Å². The Hall–Kier alpha value is -4.36. The van der Waals surface area contributed by atoms with E-state index >= 15 is 0 Å². The van der Waals surface area contributed by atoms with Crippen LogP contribution in [0.1, 0.15) is 55.2 Å². The summed E-state index contributed by atoms with van der Waals surface area (Å²) in [6.45, 7) is 5.25. The lowest BCUT2D eigenvalue weighted by Crippen LogP contribution is -2.32. The van der Waals surface area contributed by atoms with Crippen molar-refractivity contribution in [2.45, 2.75) is 55.9 Å². The first-order valence-corrected chi connectivity index (χ1v) is 13.9. The van der Waals surface area contributed by atoms with Crippen molar-refractivity contribution in [2.75, 3.05) is 0 Å². The SMILES string of the molecule is CCCCc1nc(O)c(S(=O)(=O)c2ccc(-c3ccnc(F)c3C)cc2)c(=O)n1[C@H](C)c1cccc(C#N)c1. The van der Waals surface area contributed by atoms with E-state index in [1.54, 1.807) is 44.2 Å². The van der Waals surface area contributed by atoms with Gasteiger partial charge in [-0.3, -0.25) is 9.36 Å². The summed E-state index contributed by atoms with van der Waals surface area (Å²) in [6.07, 6.45) is 3.13. The second kappa shape index (κ2) is 11.2. The molecule has 200 valence electrons. The predicted octanol–water partition coefficient (Wildman–Crippen LogP) is 5.11. The van der Waals surface area contributed by atoms with Crippen LogP contribution in [0.25, 0.3) is 11.1 Å². The van der Waals surface area contributed by atoms with Crippen LogP contribution in [-0.4, -0.2) is 28.1 Å². The van der Waals surface area contributed by atoms with Gasteiger partial charge in [-0.15, -0.1) is 0 Å². The van der Waals surface area contributed by atoms with Crippen molar-refractivity contribution >= 4 is 9.84 Å². The van der Waals surface area contributed by atoms with E-state index in [0.717, 1.165) is 6.42 Å². The molecule has 1 N–H and O–H groups in total. The number of halogens is 1. The summed E-state index contributed by atoms with van der Waals surface area (Å²) in [6, 6.07) is 15.3. The van der Waals surface area contributed by atoms with Crippen molar-refractivity contribution in [2.24, 2.45) is 0 Å². The third-order valence-electron chi connectivity index (χ3n) is 6.66. The molecule has 0 amide bonds. The summed E-state index contributed by atoms with van der Waals surface area (Å²) in [4.78, 5) is 20.5. The molecule has 0 spiro atoms. The molecule has 1 atom stereocenters. The number of pyridine rings is 1. The third kappa shape index (κ3) is 5.31. The first-order valence-electron chi connectivity index (χ1n) is 12.4. The molecular weight excluding hydrogens is 519 g/mol. The second-order valence-corrected chi connectivity index (χ2v) is 11.1. The number of sulfone groups is 1. The molecule has 8 nitrogen and oxygen atoms in total. The van der Waals surface area contributed by atoms with Crippen LogP contribution in [0.2, 0.25) is 0 Å². The maximum Gasteiger partial charge on any atom is 0.277 e. The number of hydrogen-bond acceptors (Lipinski definition) is 7. The zero-order chi connectivity index (χ0) is 28.3. The highest BCUT2D eigenvalue weighted by atomic mass is 32.2. The number of rotatable bonds is 8. The van der Waals surface area contributed by atoms with Crippen molar-refractivity contribution in [1.29, 1.82) is 5.26 Å². The lowest BCUT2D eigenvalue weighted by atomic mass is 10.0. The Morgan fingerprint density at radius 1 is 1.15 bits per heavy atom. The number of aromatic hydroxyl groups is 1. The van der Waals surface area contributed by atoms with Gasteiger partial charge >= 0.3 is 0 Å². The van der Waals surface area contributed by atoms with Crippen LogP contribution in [0.15, 0.2) is 75.4 Å². The summed E-state index contributed by atoms with van der Waals surface area (Å²) in [7, 11) is -4.49. The molecule has 0 radical (unpaired) electrons. The van der Waals surface area contributed by atoms with Crippen LogP contribution in [0.5, 0.6) is 5.88 Å². The van der Waals surface area contributed by atoms with Gasteiger partial charge in [0.2, 0.25) is 21.7 Å². The van der Waals surface area contributed by atoms with Gasteiger partial charge in [0.05, 0.1) is 22.6 Å². The average Bonchev–Trinajstić information content (AvgIpc) is 2.93. The van der Waals surface area contributed by atoms with Crippen molar-refractivity contribution < 1.29 is 17.9 Å². The van der Waals surface area contributed by atoms with Gasteiger partial charge in [0.15, 0.2) is 4.90 Å². The van der Waals surface area contributed by atoms with Gasteiger partial charge in [0.25, 0.3) is 5.56 Å². The minimum atomic E-state index is -4.49. The molecule has 4 rings (SSSR count). The molecule has 0 fully saturated rings. The van der Waals surface area contributed by atoms with Gasteiger partial charge in [0.1, 0.15) is 5.82 Å². The maximum atomic E-state index is 13.9. The van der Waals surface area contributed by atoms with Crippen molar-refractivity contribution in [3.63, 3.8) is 0 Å². The number of aromatic nitrogens is 3. The van der Waals surface area contributed by atoms with Gasteiger partial charge in [-0.2, -0.15) is 14.6 Å². The van der Waals surface area contributed by atoms with Crippen molar-refractivity contribution in [1.82, 2.24) is 14.5 Å². The van der Waals surface area contributed by atoms with E-state index in [1.807, 2.05) is 6.92 Å². The Bertz CT molecular complexity index is 1740. The molecule has 4 aromatic rings. The number of nitriles is 1. The number of aryl methyl sites for hydroxylation is 1. The molecule has 10 heteroatoms. The molecule has 0 unspecified atom stereocenters. The topological polar surface area (TPSA) is 126 Å². The number of unbranched alkanes of at least 4 members (excludes halogenated alkanes) is 1. The van der Waals surface area contributed by atoms with E-state index in [-0.39, 0.29) is 10.7 Å². The fraction of sp³-hybridized carbons (Fsp3) is 0.241. The Morgan fingerprint density at radius 3 is 2.54 bits per heavy atom. The average molecular weight is 547 g/mol. The molecule has 2 aromatic heterocycles. The second-order valence-electron chi connectivity index (χ2n) is 9.17. The minimum Gasteiger partial charge on any atom is -0.492 e. The van der Waals surface area contributed by atoms with Gasteiger partial charge in [-0.1, -0.05) is 37.6 Å². The molecule has 2 heterocycles. The van der Waals surface area contributed by atoms with E-state index < -0.39 is 38.2 Å². The quantitative estimate of drug-likeness (QED) is 0.304. The molecule has 39 heavy (non-hydrogen) atoms. The molecule has 0 bridgehead atoms. The molecule has 0 saturated carbocycles. The highest BCUT2D eigenvalue weighted by Gasteiger charge is 2.31. The largest absolute Gasteiger partial charge is 0.492 e. The highest BCUT2D eigenvalue weighted by Crippen LogP contribution is 2.30. The van der Waals surface area contributed by atoms with Crippen LogP contribution in [0, 0.1) is 24.2 Å². The van der Waals surface area contributed by atoms with Gasteiger partial charge in [0, 0.05) is 18.2 Å². The summed E-state index contributed by atoms with van der Waals surface area (Å²) < 4.78 is 42.5. The third-order valence-corrected chi connectivity index (χ3v) is 8.44. The summed E-state index contributed by atoms with van der Waals surface area (Å²) in [5.41, 5.74) is 1.54. The Balaban J connectivity index is 1.85. The first kappa shape index (κ1) is 27.7. The standard InChI is InChI=1S/C29H27FN4O4S/c1-4-5-9-25-33-28(35)26(29(36)34(25)19(3)22-8-6-7-20(16-22)17-31)39(37,38)23-12-10-21(11-13-23)24-14-15-32-27(30)18(24)2/h6-8,10-16,19,35H,4-5,9H2,1-3H3/t19-/m1/s1. The Morgan fingerprint density at radius 2 is 1.87 bits per heavy atom. The summed E-state index contributed by atoms with van der Waals surface area (Å²) in [5, 5.41) is 20.0. The van der Waals surface area contributed by atoms with E-state index in [1.165, 1.54) is 35.0 Å². The molecule has 0 saturated heterocycles. The smallest absolute Gasteiger partial charge is 0.277 e. The molecule has 2 aromatic carbocycles. The molecular formula is C29H27FN4O4S. The van der Waals surface area contributed by atoms with Crippen LogP contribution in [0.4, 0.5) is 4.39 Å². The van der Waals surface area contributed by atoms with Crippen LogP contribution in [-0.2, 0) is 16.3 Å². The summed E-state index contributed by atoms with van der Waals surface area (Å²) in [5.74, 6) is -1.24. The lowest BCUT2D eigenvalue weighted by molar-refractivity contribution is 0.412. The predicted molar refractivity (Wildman–Crippen MR) is 144 cm³/mol. The van der Waals surface area contributed by atoms with Crippen molar-refractivity contribution in [3.8, 4) is 23.1 Å². The van der Waals surface area contributed by atoms with Gasteiger partial charge in [-0.25, -0.2) is 13.4 Å². The highest BCUT2D eigenvalue weighted by molar-refractivity contribution is 7.91. The summed E-state index contributed by atoms with van der Waals surface area (Å²) >= 11 is 0. The molecule has 0 aliphatic heterocycles.